The van der Waals surface area contributed by atoms with Gasteiger partial charge in [-0.3, -0.25) is 0 Å². The van der Waals surface area contributed by atoms with Crippen LogP contribution in [0.5, 0.6) is 11.5 Å². The van der Waals surface area contributed by atoms with Crippen molar-refractivity contribution in [3.63, 3.8) is 0 Å². The molecule has 0 unspecified atom stereocenters. The standard InChI is InChI=1S/C17H14ClFO2/c18-10-2-1-3-13-6-9-16(19)17(11-13)21-12-14-4-7-15(20)8-5-14/h4-9,11,20H,2,10,12H2. The van der Waals surface area contributed by atoms with E-state index in [1.54, 1.807) is 36.4 Å². The molecule has 0 aliphatic heterocycles. The van der Waals surface area contributed by atoms with Gasteiger partial charge in [0.25, 0.3) is 0 Å². The lowest BCUT2D eigenvalue weighted by atomic mass is 10.2. The Kier molecular flexibility index (Phi) is 5.48. The lowest BCUT2D eigenvalue weighted by molar-refractivity contribution is 0.290. The molecule has 21 heavy (non-hydrogen) atoms. The molecule has 0 saturated heterocycles. The molecule has 0 aromatic heterocycles. The van der Waals surface area contributed by atoms with E-state index >= 15 is 0 Å². The van der Waals surface area contributed by atoms with Crippen molar-refractivity contribution < 1.29 is 14.2 Å². The minimum Gasteiger partial charge on any atom is -0.508 e. The predicted molar refractivity (Wildman–Crippen MR) is 81.1 cm³/mol. The number of rotatable bonds is 4. The Morgan fingerprint density at radius 2 is 1.90 bits per heavy atom. The van der Waals surface area contributed by atoms with Gasteiger partial charge in [-0.2, -0.15) is 0 Å². The van der Waals surface area contributed by atoms with E-state index in [0.29, 0.717) is 17.9 Å². The van der Waals surface area contributed by atoms with Crippen molar-refractivity contribution in [1.29, 1.82) is 0 Å². The molecule has 2 rings (SSSR count). The summed E-state index contributed by atoms with van der Waals surface area (Å²) in [6, 6.07) is 11.1. The lowest BCUT2D eigenvalue weighted by Gasteiger charge is -2.08. The van der Waals surface area contributed by atoms with Gasteiger partial charge in [0.2, 0.25) is 0 Å². The SMILES string of the molecule is Oc1ccc(COc2cc(C#CCCCl)ccc2F)cc1. The Morgan fingerprint density at radius 3 is 2.62 bits per heavy atom. The van der Waals surface area contributed by atoms with Crippen LogP contribution in [0.1, 0.15) is 17.5 Å². The number of phenolic OH excluding ortho intramolecular Hbond substituents is 1. The van der Waals surface area contributed by atoms with E-state index in [9.17, 15) is 9.50 Å². The number of aromatic hydroxyl groups is 1. The first-order valence-electron chi connectivity index (χ1n) is 6.44. The van der Waals surface area contributed by atoms with Crippen molar-refractivity contribution in [2.75, 3.05) is 5.88 Å². The Balaban J connectivity index is 2.07. The Bertz CT molecular complexity index is 657. The van der Waals surface area contributed by atoms with Gasteiger partial charge in [-0.25, -0.2) is 4.39 Å². The normalized spacial score (nSPS) is 9.81. The monoisotopic (exact) mass is 304 g/mol. The third-order valence-electron chi connectivity index (χ3n) is 2.71. The van der Waals surface area contributed by atoms with Crippen LogP contribution in [0.2, 0.25) is 0 Å². The molecular weight excluding hydrogens is 291 g/mol. The van der Waals surface area contributed by atoms with Crippen LogP contribution < -0.4 is 4.74 Å². The van der Waals surface area contributed by atoms with Gasteiger partial charge in [0, 0.05) is 17.9 Å². The zero-order valence-corrected chi connectivity index (χ0v) is 12.0. The highest BCUT2D eigenvalue weighted by Gasteiger charge is 2.04. The Morgan fingerprint density at radius 1 is 1.14 bits per heavy atom. The smallest absolute Gasteiger partial charge is 0.165 e. The zero-order valence-electron chi connectivity index (χ0n) is 11.3. The second-order valence-corrected chi connectivity index (χ2v) is 4.72. The van der Waals surface area contributed by atoms with Gasteiger partial charge < -0.3 is 9.84 Å². The van der Waals surface area contributed by atoms with Crippen LogP contribution in [-0.4, -0.2) is 11.0 Å². The second-order valence-electron chi connectivity index (χ2n) is 4.34. The van der Waals surface area contributed by atoms with E-state index in [2.05, 4.69) is 11.8 Å². The fraction of sp³-hybridized carbons (Fsp3) is 0.176. The largest absolute Gasteiger partial charge is 0.508 e. The number of hydrogen-bond acceptors (Lipinski definition) is 2. The third-order valence-corrected chi connectivity index (χ3v) is 2.90. The van der Waals surface area contributed by atoms with Crippen molar-refractivity contribution in [2.24, 2.45) is 0 Å². The first-order valence-corrected chi connectivity index (χ1v) is 6.97. The van der Waals surface area contributed by atoms with Crippen molar-refractivity contribution in [3.8, 4) is 23.3 Å². The predicted octanol–water partition coefficient (Wildman–Crippen LogP) is 4.09. The summed E-state index contributed by atoms with van der Waals surface area (Å²) in [4.78, 5) is 0. The van der Waals surface area contributed by atoms with Crippen molar-refractivity contribution in [1.82, 2.24) is 0 Å². The number of halogens is 2. The van der Waals surface area contributed by atoms with Crippen molar-refractivity contribution in [2.45, 2.75) is 13.0 Å². The molecule has 0 amide bonds. The molecule has 0 spiro atoms. The summed E-state index contributed by atoms with van der Waals surface area (Å²) in [6.45, 7) is 0.218. The first kappa shape index (κ1) is 15.2. The van der Waals surface area contributed by atoms with Crippen LogP contribution >= 0.6 is 11.6 Å². The summed E-state index contributed by atoms with van der Waals surface area (Å²) < 4.78 is 19.1. The molecule has 2 aromatic rings. The fourth-order valence-electron chi connectivity index (χ4n) is 1.66. The quantitative estimate of drug-likeness (QED) is 0.681. The minimum absolute atomic E-state index is 0.153. The maximum atomic E-state index is 13.7. The Hall–Kier alpha value is -2.18. The van der Waals surface area contributed by atoms with Crippen molar-refractivity contribution >= 4 is 11.6 Å². The molecule has 0 heterocycles. The second kappa shape index (κ2) is 7.56. The van der Waals surface area contributed by atoms with Gasteiger partial charge in [0.05, 0.1) is 0 Å². The van der Waals surface area contributed by atoms with Crippen LogP contribution in [0.3, 0.4) is 0 Å². The van der Waals surface area contributed by atoms with Gasteiger partial charge in [-0.05, 0) is 35.9 Å². The van der Waals surface area contributed by atoms with E-state index < -0.39 is 5.82 Å². The Labute approximate surface area is 128 Å². The molecule has 0 radical (unpaired) electrons. The molecule has 0 saturated carbocycles. The summed E-state index contributed by atoms with van der Waals surface area (Å²) in [7, 11) is 0. The van der Waals surface area contributed by atoms with Crippen LogP contribution in [0.15, 0.2) is 42.5 Å². The van der Waals surface area contributed by atoms with Crippen LogP contribution in [0.4, 0.5) is 4.39 Å². The van der Waals surface area contributed by atoms with Crippen molar-refractivity contribution in [3.05, 3.63) is 59.4 Å². The van der Waals surface area contributed by atoms with Crippen LogP contribution in [-0.2, 0) is 6.61 Å². The summed E-state index contributed by atoms with van der Waals surface area (Å²) in [5.41, 5.74) is 1.52. The van der Waals surface area contributed by atoms with E-state index in [1.165, 1.54) is 6.07 Å². The average Bonchev–Trinajstić information content (AvgIpc) is 2.49. The molecule has 4 heteroatoms. The summed E-state index contributed by atoms with van der Waals surface area (Å²) in [6.07, 6.45) is 0.586. The van der Waals surface area contributed by atoms with E-state index in [-0.39, 0.29) is 18.1 Å². The topological polar surface area (TPSA) is 29.5 Å². The molecule has 0 aliphatic rings. The van der Waals surface area contributed by atoms with Gasteiger partial charge in [0.1, 0.15) is 12.4 Å². The summed E-state index contributed by atoms with van der Waals surface area (Å²) in [5, 5.41) is 9.20. The average molecular weight is 305 g/mol. The van der Waals surface area contributed by atoms with Crippen LogP contribution in [0.25, 0.3) is 0 Å². The first-order chi connectivity index (χ1) is 10.2. The molecular formula is C17H14ClFO2. The summed E-state index contributed by atoms with van der Waals surface area (Å²) >= 11 is 5.55. The van der Waals surface area contributed by atoms with E-state index in [0.717, 1.165) is 5.56 Å². The number of phenols is 1. The third kappa shape index (κ3) is 4.70. The van der Waals surface area contributed by atoms with Gasteiger partial charge >= 0.3 is 0 Å². The maximum Gasteiger partial charge on any atom is 0.165 e. The van der Waals surface area contributed by atoms with E-state index in [4.69, 9.17) is 16.3 Å². The van der Waals surface area contributed by atoms with Gasteiger partial charge in [0.15, 0.2) is 11.6 Å². The molecule has 0 fully saturated rings. The number of hydrogen-bond donors (Lipinski definition) is 1. The molecule has 0 bridgehead atoms. The van der Waals surface area contributed by atoms with E-state index in [1.807, 2.05) is 0 Å². The lowest BCUT2D eigenvalue weighted by Crippen LogP contribution is -1.97. The maximum absolute atomic E-state index is 13.7. The minimum atomic E-state index is -0.434. The number of ether oxygens (including phenoxy) is 1. The molecule has 0 atom stereocenters. The molecule has 108 valence electrons. The number of benzene rings is 2. The van der Waals surface area contributed by atoms with Crippen LogP contribution in [0, 0.1) is 17.7 Å². The molecule has 0 aliphatic carbocycles. The van der Waals surface area contributed by atoms with Gasteiger partial charge in [-0.1, -0.05) is 24.0 Å². The molecule has 2 aromatic carbocycles. The fourth-order valence-corrected chi connectivity index (χ4v) is 1.75. The highest BCUT2D eigenvalue weighted by molar-refractivity contribution is 6.18. The highest BCUT2D eigenvalue weighted by Crippen LogP contribution is 2.20. The number of alkyl halides is 1. The zero-order chi connectivity index (χ0) is 15.1. The highest BCUT2D eigenvalue weighted by atomic mass is 35.5. The summed E-state index contributed by atoms with van der Waals surface area (Å²) in [5.74, 6) is 6.17. The molecule has 1 N–H and O–H groups in total. The molecule has 2 nitrogen and oxygen atoms in total. The van der Waals surface area contributed by atoms with Gasteiger partial charge in [-0.15, -0.1) is 11.6 Å².